The van der Waals surface area contributed by atoms with Gasteiger partial charge >= 0.3 is 0 Å². The van der Waals surface area contributed by atoms with Crippen LogP contribution in [0.4, 0.5) is 0 Å². The van der Waals surface area contributed by atoms with Crippen LogP contribution in [0.25, 0.3) is 10.9 Å². The molecule has 12 atom stereocenters. The maximum Gasteiger partial charge on any atom is 0.243 e. The Morgan fingerprint density at radius 2 is 0.993 bits per heavy atom. The molecular formula is C92H152N30O20S. The van der Waals surface area contributed by atoms with E-state index in [0.29, 0.717) is 99.9 Å². The minimum atomic E-state index is -1.93. The second-order valence-electron chi connectivity index (χ2n) is 36.1. The number of rotatable bonds is 67. The number of carbonyl (C=O) groups excluding carboxylic acids is 20. The lowest BCUT2D eigenvalue weighted by atomic mass is 9.97. The van der Waals surface area contributed by atoms with Crippen LogP contribution in [-0.2, 0) is 109 Å². The summed E-state index contributed by atoms with van der Waals surface area (Å²) in [6.45, 7) is 15.8. The number of amides is 20. The number of hydrogen-bond donors (Lipinski definition) is 29. The summed E-state index contributed by atoms with van der Waals surface area (Å²) < 4.78 is 0. The maximum atomic E-state index is 14.7. The van der Waals surface area contributed by atoms with Gasteiger partial charge in [0.2, 0.25) is 118 Å². The Bertz CT molecular complexity index is 4690. The van der Waals surface area contributed by atoms with E-state index in [4.69, 9.17) is 28.3 Å². The minimum absolute atomic E-state index is 0.00830. The third-order valence-corrected chi connectivity index (χ3v) is 23.2. The largest absolute Gasteiger partial charge is 0.390 e. The Balaban J connectivity index is 1.52. The lowest BCUT2D eigenvalue weighted by Gasteiger charge is -2.36. The molecule has 796 valence electrons. The van der Waals surface area contributed by atoms with E-state index >= 15 is 0 Å². The van der Waals surface area contributed by atoms with Crippen LogP contribution in [0, 0.1) is 23.2 Å². The smallest absolute Gasteiger partial charge is 0.243 e. The van der Waals surface area contributed by atoms with Gasteiger partial charge in [0.1, 0.15) is 66.5 Å². The molecule has 7 unspecified atom stereocenters. The van der Waals surface area contributed by atoms with Crippen LogP contribution in [-0.4, -0.2) is 322 Å². The van der Waals surface area contributed by atoms with Crippen molar-refractivity contribution in [2.75, 3.05) is 111 Å². The first-order chi connectivity index (χ1) is 68.1. The van der Waals surface area contributed by atoms with Gasteiger partial charge in [0.15, 0.2) is 0 Å². The number of nitrogens with two attached hydrogens (primary N) is 4. The third-order valence-electron chi connectivity index (χ3n) is 22.6. The molecule has 3 aromatic rings. The highest BCUT2D eigenvalue weighted by molar-refractivity contribution is 7.98. The zero-order valence-corrected chi connectivity index (χ0v) is 84.0. The zero-order valence-electron chi connectivity index (χ0n) is 83.2. The van der Waals surface area contributed by atoms with Crippen molar-refractivity contribution in [3.63, 3.8) is 0 Å². The molecule has 143 heavy (non-hydrogen) atoms. The second kappa shape index (κ2) is 67.2. The van der Waals surface area contributed by atoms with Gasteiger partial charge in [0, 0.05) is 166 Å². The molecule has 1 aromatic carbocycles. The summed E-state index contributed by atoms with van der Waals surface area (Å²) in [5, 5.41) is 69.3. The van der Waals surface area contributed by atoms with Crippen LogP contribution < -0.4 is 140 Å². The number of thioether (sulfide) groups is 1. The maximum absolute atomic E-state index is 14.7. The van der Waals surface area contributed by atoms with Gasteiger partial charge in [-0.05, 0) is 119 Å². The number of imidazole rings is 1. The molecule has 0 fully saturated rings. The summed E-state index contributed by atoms with van der Waals surface area (Å²) in [6.07, 6.45) is 8.43. The highest BCUT2D eigenvalue weighted by Crippen LogP contribution is 2.21. The molecule has 1 aliphatic rings. The number of aromatic nitrogens is 3. The Labute approximate surface area is 836 Å². The summed E-state index contributed by atoms with van der Waals surface area (Å²) in [4.78, 5) is 283. The van der Waals surface area contributed by atoms with E-state index in [0.717, 1.165) is 0 Å². The number of unbranched alkanes of at least 4 members (excludes halogenated alkanes) is 1. The number of carbonyl (C=O) groups is 20. The standard InChI is InChI=1S/C92H152N30O20S/c1-54(2)41-66(118-84(135)63(116-85(136)64(24-26-71(94)123)112-76(128)22-14-20-74(126)98-8)19-12-13-32-106-75(127)21-15-23-77(129)122-92(52-104-39-36-101-33-29-93)50-102-37-34-99-30-16-31-100-35-38-103-51-92)83(134)108-48-78(130)114-70(45-73(96)125)90(141)117-65(25-27-72(95)124)86(137)120-68(43-58-46-107-61-18-11-10-17-60(58)61)87(138)111-57(7)82(133)121-80(56(5)6)91(142)109-49-79(131)113-69(44-59-47-105-53-110-59)89(140)119-67(42-55(3)4)88(139)115-62(81(97)132)28-40-143-9/h10-11,16-18,29-30,46-47,53-57,62-70,80,93,99-104,107H,12-15,19-28,31-45,48-52H2,1-9H3,(H2,94,123)(H2,95,124)(H2,96,125)(H2,97,132)(H,98,126)(H,105,110)(H,106,127)(H,108,134)(H,109,142)(H,111,138)(H,112,128)(H,113,131)(H,114,130)(H,115,139)(H,116,136)(H,117,141)(H,118,135)(H,119,140)(H,120,137)(H,121,133)(H,122,129)/b30-16-,93-29?/t57-,62?,63-,64?,65-,66?,67-,68?,69?,70?,80?,92+/m0/s1. The Hall–Kier alpha value is -13.3. The summed E-state index contributed by atoms with van der Waals surface area (Å²) in [5.74, 6) is -17.7. The van der Waals surface area contributed by atoms with Gasteiger partial charge in [-0.15, -0.1) is 0 Å². The molecule has 2 aromatic heterocycles. The number of hydrogen-bond acceptors (Lipinski definition) is 29. The predicted octanol–water partition coefficient (Wildman–Crippen LogP) is -7.40. The van der Waals surface area contributed by atoms with E-state index in [1.165, 1.54) is 44.5 Å². The normalized spacial score (nSPS) is 15.9. The molecule has 4 rings (SSSR count). The SMILES string of the molecule is CNC(=O)CCCC(=O)NC(CCC(N)=O)C(=O)N[C@@H](CCCCNC(=O)CCCC(=O)N[C@]1(CNCCNCC=N)CNCCN/C=C\CNCCNC1)C(=O)NC(CC(C)C)C(=O)NCC(=O)NC(CC(N)=O)C(=O)N[C@@H](CCC(N)=O)C(=O)NC(Cc1c[nH]c2ccccc12)C(=O)N[C@@H](C)C(=O)NC(C(=O)NCC(=O)NC(Cc1c[nH]cn1)C(=O)N[C@@H](CC(C)C)C(=O)NC(CCSC)C(N)=O)C(C)C. The molecule has 51 heteroatoms. The van der Waals surface area contributed by atoms with Crippen molar-refractivity contribution in [1.82, 2.24) is 132 Å². The Kier molecular flexibility index (Phi) is 57.4. The molecule has 33 N–H and O–H groups in total. The average molecular weight is 2030 g/mol. The molecule has 50 nitrogen and oxygen atoms in total. The number of nitrogens with zero attached hydrogens (tertiary/aromatic N) is 1. The summed E-state index contributed by atoms with van der Waals surface area (Å²) in [6, 6.07) is -9.37. The Morgan fingerprint density at radius 1 is 0.476 bits per heavy atom. The van der Waals surface area contributed by atoms with Crippen molar-refractivity contribution < 1.29 is 95.9 Å². The first kappa shape index (κ1) is 122. The number of fused-ring (bicyclic) bond motifs is 1. The fourth-order valence-corrected chi connectivity index (χ4v) is 15.4. The van der Waals surface area contributed by atoms with Gasteiger partial charge in [-0.2, -0.15) is 11.8 Å². The van der Waals surface area contributed by atoms with Crippen molar-refractivity contribution in [2.45, 2.75) is 242 Å². The fraction of sp³-hybridized carbons (Fsp3) is 0.630. The minimum Gasteiger partial charge on any atom is -0.390 e. The van der Waals surface area contributed by atoms with Gasteiger partial charge < -0.3 is 155 Å². The molecule has 0 radical (unpaired) electrons. The molecule has 0 saturated carbocycles. The monoisotopic (exact) mass is 2030 g/mol. The number of H-pyrrole nitrogens is 2. The van der Waals surface area contributed by atoms with Gasteiger partial charge in [-0.3, -0.25) is 95.9 Å². The topological polar surface area (TPSA) is 778 Å². The molecule has 3 heterocycles. The van der Waals surface area contributed by atoms with Crippen LogP contribution in [0.1, 0.15) is 169 Å². The lowest BCUT2D eigenvalue weighted by Crippen LogP contribution is -2.65. The molecule has 0 spiro atoms. The number of aromatic amines is 2. The van der Waals surface area contributed by atoms with Gasteiger partial charge in [-0.1, -0.05) is 65.8 Å². The van der Waals surface area contributed by atoms with Crippen LogP contribution in [0.2, 0.25) is 0 Å². The van der Waals surface area contributed by atoms with Crippen LogP contribution in [0.15, 0.2) is 55.3 Å². The van der Waals surface area contributed by atoms with Crippen LogP contribution >= 0.6 is 11.8 Å². The molecule has 1 aliphatic heterocycles. The van der Waals surface area contributed by atoms with Crippen molar-refractivity contribution in [2.24, 2.45) is 40.7 Å². The number of nitrogens with one attached hydrogen (secondary N) is 25. The van der Waals surface area contributed by atoms with Gasteiger partial charge in [0.25, 0.3) is 0 Å². The van der Waals surface area contributed by atoms with Crippen molar-refractivity contribution >= 4 is 147 Å². The van der Waals surface area contributed by atoms with E-state index < -0.39 is 217 Å². The van der Waals surface area contributed by atoms with Crippen molar-refractivity contribution in [1.29, 1.82) is 5.41 Å². The first-order valence-electron chi connectivity index (χ1n) is 48.3. The van der Waals surface area contributed by atoms with E-state index in [2.05, 4.69) is 132 Å². The highest BCUT2D eigenvalue weighted by Gasteiger charge is 2.39. The molecule has 0 bridgehead atoms. The zero-order chi connectivity index (χ0) is 106. The summed E-state index contributed by atoms with van der Waals surface area (Å²) in [5.41, 5.74) is 22.9. The third kappa shape index (κ3) is 49.8. The first-order valence-corrected chi connectivity index (χ1v) is 49.7. The number of para-hydroxylation sites is 1. The van der Waals surface area contributed by atoms with Gasteiger partial charge in [0.05, 0.1) is 37.1 Å². The fourth-order valence-electron chi connectivity index (χ4n) is 14.9. The molecule has 20 amide bonds. The number of primary amides is 4. The predicted molar refractivity (Wildman–Crippen MR) is 534 cm³/mol. The molecule has 0 saturated heterocycles. The van der Waals surface area contributed by atoms with E-state index in [-0.39, 0.29) is 132 Å². The highest BCUT2D eigenvalue weighted by atomic mass is 32.2. The van der Waals surface area contributed by atoms with E-state index in [1.807, 2.05) is 32.4 Å². The molecular weight excluding hydrogens is 1880 g/mol. The van der Waals surface area contributed by atoms with Crippen LogP contribution in [0.5, 0.6) is 0 Å². The molecule has 0 aliphatic carbocycles. The summed E-state index contributed by atoms with van der Waals surface area (Å²) >= 11 is 1.43. The Morgan fingerprint density at radius 3 is 1.59 bits per heavy atom. The van der Waals surface area contributed by atoms with Crippen LogP contribution in [0.3, 0.4) is 0 Å². The van der Waals surface area contributed by atoms with Gasteiger partial charge in [-0.25, -0.2) is 4.98 Å². The number of benzene rings is 1. The van der Waals surface area contributed by atoms with E-state index in [9.17, 15) is 95.9 Å². The lowest BCUT2D eigenvalue weighted by molar-refractivity contribution is -0.136. The average Bonchev–Trinajstić information content (AvgIpc) is 1.67. The van der Waals surface area contributed by atoms with Crippen molar-refractivity contribution in [3.05, 3.63) is 66.5 Å². The summed E-state index contributed by atoms with van der Waals surface area (Å²) in [7, 11) is 1.42. The van der Waals surface area contributed by atoms with Crippen molar-refractivity contribution in [3.8, 4) is 0 Å². The quantitative estimate of drug-likeness (QED) is 0.0184. The second-order valence-corrected chi connectivity index (χ2v) is 37.1. The van der Waals surface area contributed by atoms with E-state index in [1.54, 1.807) is 58.2 Å².